The van der Waals surface area contributed by atoms with Crippen LogP contribution in [0.1, 0.15) is 49.7 Å². The maximum atomic E-state index is 6.49. The topological polar surface area (TPSA) is 26.0 Å². The van der Waals surface area contributed by atoms with E-state index in [0.717, 1.165) is 27.8 Å². The van der Waals surface area contributed by atoms with Crippen molar-refractivity contribution in [3.8, 4) is 11.3 Å². The SMILES string of the molecule is CC1CCC(C)c2c1ccc1c2oc2c(-c3ccccc3)nccc21. The summed E-state index contributed by atoms with van der Waals surface area (Å²) < 4.78 is 6.49. The standard InChI is InChI=1S/C23H21NO/c1-14-8-9-15(2)20-17(14)10-11-18-19-12-13-24-21(23(19)25-22(18)20)16-6-4-3-5-7-16/h3-7,10-15H,8-9H2,1-2H3. The van der Waals surface area contributed by atoms with E-state index in [1.807, 2.05) is 24.4 Å². The number of furan rings is 1. The van der Waals surface area contributed by atoms with Gasteiger partial charge in [0.05, 0.1) is 0 Å². The molecule has 1 aliphatic carbocycles. The van der Waals surface area contributed by atoms with Crippen molar-refractivity contribution in [3.05, 3.63) is 65.9 Å². The molecule has 2 atom stereocenters. The van der Waals surface area contributed by atoms with Crippen LogP contribution in [0, 0.1) is 0 Å². The largest absolute Gasteiger partial charge is 0.453 e. The van der Waals surface area contributed by atoms with Crippen LogP contribution in [0.5, 0.6) is 0 Å². The maximum Gasteiger partial charge on any atom is 0.161 e. The number of hydrogen-bond donors (Lipinski definition) is 0. The van der Waals surface area contributed by atoms with Crippen LogP contribution in [0.25, 0.3) is 33.2 Å². The van der Waals surface area contributed by atoms with E-state index < -0.39 is 0 Å². The summed E-state index contributed by atoms with van der Waals surface area (Å²) in [6.07, 6.45) is 4.38. The summed E-state index contributed by atoms with van der Waals surface area (Å²) in [7, 11) is 0. The first-order valence-corrected chi connectivity index (χ1v) is 9.13. The van der Waals surface area contributed by atoms with Gasteiger partial charge < -0.3 is 4.42 Å². The van der Waals surface area contributed by atoms with Crippen LogP contribution in [0.3, 0.4) is 0 Å². The molecule has 0 spiro atoms. The highest BCUT2D eigenvalue weighted by molar-refractivity contribution is 6.09. The predicted molar refractivity (Wildman–Crippen MR) is 103 cm³/mol. The second-order valence-corrected chi connectivity index (χ2v) is 7.33. The molecule has 0 amide bonds. The minimum atomic E-state index is 0.545. The number of hydrogen-bond acceptors (Lipinski definition) is 2. The molecule has 0 N–H and O–H groups in total. The van der Waals surface area contributed by atoms with Crippen LogP contribution >= 0.6 is 0 Å². The number of nitrogens with zero attached hydrogens (tertiary/aromatic N) is 1. The van der Waals surface area contributed by atoms with Crippen molar-refractivity contribution in [1.29, 1.82) is 0 Å². The number of aromatic nitrogens is 1. The molecule has 5 rings (SSSR count). The van der Waals surface area contributed by atoms with Crippen molar-refractivity contribution in [3.63, 3.8) is 0 Å². The summed E-state index contributed by atoms with van der Waals surface area (Å²) in [5.41, 5.74) is 6.87. The molecule has 2 aromatic carbocycles. The molecule has 0 bridgehead atoms. The highest BCUT2D eigenvalue weighted by Gasteiger charge is 2.27. The minimum Gasteiger partial charge on any atom is -0.453 e. The van der Waals surface area contributed by atoms with Crippen LogP contribution in [-0.4, -0.2) is 4.98 Å². The fourth-order valence-corrected chi connectivity index (χ4v) is 4.34. The lowest BCUT2D eigenvalue weighted by atomic mass is 9.77. The Morgan fingerprint density at radius 1 is 0.840 bits per heavy atom. The van der Waals surface area contributed by atoms with Crippen LogP contribution in [0.4, 0.5) is 0 Å². The van der Waals surface area contributed by atoms with Crippen LogP contribution < -0.4 is 0 Å². The first kappa shape index (κ1) is 14.7. The molecule has 2 aromatic heterocycles. The quantitative estimate of drug-likeness (QED) is 0.391. The summed E-state index contributed by atoms with van der Waals surface area (Å²) in [6.45, 7) is 4.66. The van der Waals surface area contributed by atoms with Gasteiger partial charge in [0.1, 0.15) is 11.3 Å². The van der Waals surface area contributed by atoms with Gasteiger partial charge in [-0.05, 0) is 36.3 Å². The molecule has 0 saturated carbocycles. The molecule has 0 fully saturated rings. The second-order valence-electron chi connectivity index (χ2n) is 7.33. The zero-order chi connectivity index (χ0) is 17.0. The first-order chi connectivity index (χ1) is 12.2. The van der Waals surface area contributed by atoms with Crippen molar-refractivity contribution in [2.45, 2.75) is 38.5 Å². The Hall–Kier alpha value is -2.61. The Bertz CT molecular complexity index is 1080. The normalized spacial score (nSPS) is 20.1. The van der Waals surface area contributed by atoms with Crippen molar-refractivity contribution in [2.24, 2.45) is 0 Å². The third-order valence-corrected chi connectivity index (χ3v) is 5.73. The van der Waals surface area contributed by atoms with Gasteiger partial charge in [0, 0.05) is 28.1 Å². The Morgan fingerprint density at radius 3 is 2.44 bits per heavy atom. The van der Waals surface area contributed by atoms with E-state index >= 15 is 0 Å². The molecular formula is C23H21NO. The molecule has 2 heterocycles. The minimum absolute atomic E-state index is 0.545. The highest BCUT2D eigenvalue weighted by Crippen LogP contribution is 2.45. The second kappa shape index (κ2) is 5.45. The molecule has 0 saturated heterocycles. The van der Waals surface area contributed by atoms with E-state index in [0.29, 0.717) is 11.8 Å². The van der Waals surface area contributed by atoms with Gasteiger partial charge in [-0.25, -0.2) is 0 Å². The van der Waals surface area contributed by atoms with E-state index in [1.165, 1.54) is 29.4 Å². The van der Waals surface area contributed by atoms with Crippen molar-refractivity contribution in [2.75, 3.05) is 0 Å². The fourth-order valence-electron chi connectivity index (χ4n) is 4.34. The third-order valence-electron chi connectivity index (χ3n) is 5.73. The lowest BCUT2D eigenvalue weighted by Gasteiger charge is -2.27. The molecule has 124 valence electrons. The van der Waals surface area contributed by atoms with Crippen LogP contribution in [-0.2, 0) is 0 Å². The summed E-state index contributed by atoms with van der Waals surface area (Å²) >= 11 is 0. The third kappa shape index (κ3) is 2.13. The van der Waals surface area contributed by atoms with E-state index in [2.05, 4.69) is 49.2 Å². The summed E-state index contributed by atoms with van der Waals surface area (Å²) in [4.78, 5) is 4.62. The Balaban J connectivity index is 1.86. The highest BCUT2D eigenvalue weighted by atomic mass is 16.3. The predicted octanol–water partition coefficient (Wildman–Crippen LogP) is 6.65. The monoisotopic (exact) mass is 327 g/mol. The summed E-state index contributed by atoms with van der Waals surface area (Å²) in [6, 6.07) is 16.9. The van der Waals surface area contributed by atoms with Crippen molar-refractivity contribution in [1.82, 2.24) is 4.98 Å². The van der Waals surface area contributed by atoms with E-state index in [9.17, 15) is 0 Å². The van der Waals surface area contributed by atoms with Gasteiger partial charge >= 0.3 is 0 Å². The van der Waals surface area contributed by atoms with E-state index in [-0.39, 0.29) is 0 Å². The van der Waals surface area contributed by atoms with Gasteiger partial charge in [0.15, 0.2) is 5.58 Å². The number of fused-ring (bicyclic) bond motifs is 5. The van der Waals surface area contributed by atoms with Gasteiger partial charge in [-0.3, -0.25) is 4.98 Å². The molecular weight excluding hydrogens is 306 g/mol. The Morgan fingerprint density at radius 2 is 1.60 bits per heavy atom. The molecule has 2 unspecified atom stereocenters. The van der Waals surface area contributed by atoms with Gasteiger partial charge in [-0.1, -0.05) is 56.3 Å². The zero-order valence-corrected chi connectivity index (χ0v) is 14.6. The van der Waals surface area contributed by atoms with Gasteiger partial charge in [0.25, 0.3) is 0 Å². The average Bonchev–Trinajstić information content (AvgIpc) is 3.04. The average molecular weight is 327 g/mol. The van der Waals surface area contributed by atoms with Crippen LogP contribution in [0.2, 0.25) is 0 Å². The molecule has 0 radical (unpaired) electrons. The van der Waals surface area contributed by atoms with Crippen molar-refractivity contribution < 1.29 is 4.42 Å². The number of rotatable bonds is 1. The fraction of sp³-hybridized carbons (Fsp3) is 0.261. The smallest absolute Gasteiger partial charge is 0.161 e. The molecule has 2 nitrogen and oxygen atoms in total. The molecule has 0 aliphatic heterocycles. The van der Waals surface area contributed by atoms with Gasteiger partial charge in [0.2, 0.25) is 0 Å². The summed E-state index contributed by atoms with van der Waals surface area (Å²) in [5, 5.41) is 2.38. The lowest BCUT2D eigenvalue weighted by molar-refractivity contribution is 0.521. The van der Waals surface area contributed by atoms with E-state index in [1.54, 1.807) is 0 Å². The molecule has 2 heteroatoms. The maximum absolute atomic E-state index is 6.49. The Kier molecular flexibility index (Phi) is 3.21. The lowest BCUT2D eigenvalue weighted by Crippen LogP contribution is -2.10. The summed E-state index contributed by atoms with van der Waals surface area (Å²) in [5.74, 6) is 1.15. The molecule has 1 aliphatic rings. The first-order valence-electron chi connectivity index (χ1n) is 9.13. The molecule has 4 aromatic rings. The number of pyridine rings is 1. The number of benzene rings is 2. The zero-order valence-electron chi connectivity index (χ0n) is 14.6. The van der Waals surface area contributed by atoms with Crippen molar-refractivity contribution >= 4 is 21.9 Å². The Labute approximate surface area is 147 Å². The van der Waals surface area contributed by atoms with E-state index in [4.69, 9.17) is 4.42 Å². The van der Waals surface area contributed by atoms with Crippen LogP contribution in [0.15, 0.2) is 59.1 Å². The molecule has 25 heavy (non-hydrogen) atoms. The van der Waals surface area contributed by atoms with Gasteiger partial charge in [-0.2, -0.15) is 0 Å². The van der Waals surface area contributed by atoms with Gasteiger partial charge in [-0.15, -0.1) is 0 Å².